The lowest BCUT2D eigenvalue weighted by Gasteiger charge is -2.26. The summed E-state index contributed by atoms with van der Waals surface area (Å²) in [5.41, 5.74) is 6.82. The Labute approximate surface area is 113 Å². The fraction of sp³-hybridized carbons (Fsp3) is 0.500. The Morgan fingerprint density at radius 1 is 1.47 bits per heavy atom. The lowest BCUT2D eigenvalue weighted by atomic mass is 10.1. The van der Waals surface area contributed by atoms with E-state index in [-0.39, 0.29) is 11.9 Å². The highest BCUT2D eigenvalue weighted by Gasteiger charge is 2.26. The quantitative estimate of drug-likeness (QED) is 0.851. The van der Waals surface area contributed by atoms with Crippen LogP contribution in [0.2, 0.25) is 0 Å². The predicted molar refractivity (Wildman–Crippen MR) is 71.5 cm³/mol. The van der Waals surface area contributed by atoms with Gasteiger partial charge in [-0.1, -0.05) is 32.0 Å². The zero-order chi connectivity index (χ0) is 13.8. The Morgan fingerprint density at radius 2 is 2.21 bits per heavy atom. The molecule has 0 saturated heterocycles. The number of benzene rings is 1. The average molecular weight is 264 g/mol. The minimum absolute atomic E-state index is 0.0696. The van der Waals surface area contributed by atoms with Gasteiger partial charge in [0.25, 0.3) is 12.2 Å². The van der Waals surface area contributed by atoms with E-state index < -0.39 is 6.29 Å². The number of nitrogens with one attached hydrogen (secondary N) is 1. The van der Waals surface area contributed by atoms with E-state index in [2.05, 4.69) is 5.32 Å². The van der Waals surface area contributed by atoms with Gasteiger partial charge >= 0.3 is 0 Å². The smallest absolute Gasteiger partial charge is 0.289 e. The average Bonchev–Trinajstić information content (AvgIpc) is 2.43. The van der Waals surface area contributed by atoms with Crippen LogP contribution in [-0.4, -0.2) is 24.8 Å². The van der Waals surface area contributed by atoms with Crippen molar-refractivity contribution in [2.24, 2.45) is 11.7 Å². The van der Waals surface area contributed by atoms with Crippen molar-refractivity contribution in [2.75, 3.05) is 6.54 Å². The molecule has 0 radical (unpaired) electrons. The van der Waals surface area contributed by atoms with Crippen molar-refractivity contribution < 1.29 is 14.3 Å². The van der Waals surface area contributed by atoms with Crippen LogP contribution in [0.25, 0.3) is 0 Å². The van der Waals surface area contributed by atoms with Gasteiger partial charge in [0, 0.05) is 18.2 Å². The second-order valence-corrected chi connectivity index (χ2v) is 5.02. The standard InChI is InChI=1S/C14H20N2O3/c1-9(2)11(15)7-16-13(17)14-18-8-10-5-3-4-6-12(10)19-14/h3-6,9,11,14H,7-8,15H2,1-2H3,(H,16,17)/t11-,14?/m1/s1. The number of nitrogens with two attached hydrogens (primary N) is 1. The van der Waals surface area contributed by atoms with Gasteiger partial charge in [0.15, 0.2) is 0 Å². The molecule has 2 rings (SSSR count). The first-order chi connectivity index (χ1) is 9.08. The molecule has 1 aromatic carbocycles. The van der Waals surface area contributed by atoms with Crippen molar-refractivity contribution in [1.29, 1.82) is 0 Å². The van der Waals surface area contributed by atoms with Crippen molar-refractivity contribution in [1.82, 2.24) is 5.32 Å². The largest absolute Gasteiger partial charge is 0.455 e. The Hall–Kier alpha value is -1.59. The molecule has 0 spiro atoms. The zero-order valence-corrected chi connectivity index (χ0v) is 11.3. The summed E-state index contributed by atoms with van der Waals surface area (Å²) in [6.45, 7) is 4.83. The van der Waals surface area contributed by atoms with Gasteiger partial charge in [-0.2, -0.15) is 0 Å². The van der Waals surface area contributed by atoms with Crippen LogP contribution in [0.15, 0.2) is 24.3 Å². The molecule has 5 heteroatoms. The molecule has 104 valence electrons. The number of ether oxygens (including phenoxy) is 2. The molecule has 0 fully saturated rings. The number of para-hydroxylation sites is 1. The molecule has 2 atom stereocenters. The number of amides is 1. The molecule has 1 aliphatic rings. The number of rotatable bonds is 4. The Bertz CT molecular complexity index is 448. The number of hydrogen-bond donors (Lipinski definition) is 2. The summed E-state index contributed by atoms with van der Waals surface area (Å²) in [5, 5.41) is 2.75. The molecule has 1 amide bonds. The van der Waals surface area contributed by atoms with Gasteiger partial charge in [-0.05, 0) is 12.0 Å². The van der Waals surface area contributed by atoms with Crippen molar-refractivity contribution in [2.45, 2.75) is 32.8 Å². The molecule has 0 saturated carbocycles. The second-order valence-electron chi connectivity index (χ2n) is 5.02. The van der Waals surface area contributed by atoms with Crippen molar-refractivity contribution in [3.8, 4) is 5.75 Å². The maximum atomic E-state index is 11.9. The summed E-state index contributed by atoms with van der Waals surface area (Å²) in [4.78, 5) is 11.9. The molecule has 0 bridgehead atoms. The van der Waals surface area contributed by atoms with E-state index in [1.54, 1.807) is 0 Å². The van der Waals surface area contributed by atoms with Crippen LogP contribution in [0.1, 0.15) is 19.4 Å². The summed E-state index contributed by atoms with van der Waals surface area (Å²) < 4.78 is 10.9. The molecular weight excluding hydrogens is 244 g/mol. The van der Waals surface area contributed by atoms with E-state index in [1.807, 2.05) is 38.1 Å². The Morgan fingerprint density at radius 3 is 2.95 bits per heavy atom. The predicted octanol–water partition coefficient (Wildman–Crippen LogP) is 1.02. The molecule has 0 aliphatic carbocycles. The van der Waals surface area contributed by atoms with Crippen LogP contribution in [0, 0.1) is 5.92 Å². The topological polar surface area (TPSA) is 73.6 Å². The van der Waals surface area contributed by atoms with E-state index in [0.717, 1.165) is 5.56 Å². The third-order valence-electron chi connectivity index (χ3n) is 3.18. The van der Waals surface area contributed by atoms with E-state index in [0.29, 0.717) is 24.8 Å². The maximum Gasteiger partial charge on any atom is 0.289 e. The highest BCUT2D eigenvalue weighted by Crippen LogP contribution is 2.25. The highest BCUT2D eigenvalue weighted by atomic mass is 16.7. The van der Waals surface area contributed by atoms with E-state index in [4.69, 9.17) is 15.2 Å². The fourth-order valence-electron chi connectivity index (χ4n) is 1.72. The van der Waals surface area contributed by atoms with Crippen molar-refractivity contribution in [3.63, 3.8) is 0 Å². The van der Waals surface area contributed by atoms with Crippen LogP contribution in [0.4, 0.5) is 0 Å². The van der Waals surface area contributed by atoms with Crippen LogP contribution < -0.4 is 15.8 Å². The van der Waals surface area contributed by atoms with Crippen LogP contribution in [0.5, 0.6) is 5.75 Å². The first kappa shape index (κ1) is 13.8. The molecule has 5 nitrogen and oxygen atoms in total. The lowest BCUT2D eigenvalue weighted by Crippen LogP contribution is -2.47. The van der Waals surface area contributed by atoms with Gasteiger partial charge in [0.2, 0.25) is 0 Å². The van der Waals surface area contributed by atoms with Crippen LogP contribution in [-0.2, 0) is 16.1 Å². The molecule has 1 heterocycles. The van der Waals surface area contributed by atoms with Crippen molar-refractivity contribution >= 4 is 5.91 Å². The molecule has 1 aliphatic heterocycles. The summed E-state index contributed by atoms with van der Waals surface area (Å²) in [6, 6.07) is 7.46. The molecule has 1 unspecified atom stereocenters. The first-order valence-electron chi connectivity index (χ1n) is 6.47. The summed E-state index contributed by atoms with van der Waals surface area (Å²) in [6.07, 6.45) is -0.894. The summed E-state index contributed by atoms with van der Waals surface area (Å²) >= 11 is 0. The van der Waals surface area contributed by atoms with Gasteiger partial charge in [0.05, 0.1) is 6.61 Å². The third kappa shape index (κ3) is 3.45. The summed E-state index contributed by atoms with van der Waals surface area (Å²) in [5.74, 6) is 0.724. The monoisotopic (exact) mass is 264 g/mol. The zero-order valence-electron chi connectivity index (χ0n) is 11.3. The van der Waals surface area contributed by atoms with E-state index >= 15 is 0 Å². The lowest BCUT2D eigenvalue weighted by molar-refractivity contribution is -0.159. The number of fused-ring (bicyclic) bond motifs is 1. The third-order valence-corrected chi connectivity index (χ3v) is 3.18. The number of hydrogen-bond acceptors (Lipinski definition) is 4. The molecule has 3 N–H and O–H groups in total. The second kappa shape index (κ2) is 6.04. The normalized spacial score (nSPS) is 19.5. The number of carbonyl (C=O) groups excluding carboxylic acids is 1. The van der Waals surface area contributed by atoms with Gasteiger partial charge in [-0.3, -0.25) is 4.79 Å². The summed E-state index contributed by atoms with van der Waals surface area (Å²) in [7, 11) is 0. The fourth-order valence-corrected chi connectivity index (χ4v) is 1.72. The minimum atomic E-state index is -0.894. The molecule has 19 heavy (non-hydrogen) atoms. The Kier molecular flexibility index (Phi) is 4.39. The van der Waals surface area contributed by atoms with Gasteiger partial charge < -0.3 is 20.5 Å². The maximum absolute atomic E-state index is 11.9. The SMILES string of the molecule is CC(C)[C@H](N)CNC(=O)C1OCc2ccccc2O1. The van der Waals surface area contributed by atoms with Crippen LogP contribution in [0.3, 0.4) is 0 Å². The first-order valence-corrected chi connectivity index (χ1v) is 6.47. The van der Waals surface area contributed by atoms with Crippen LogP contribution >= 0.6 is 0 Å². The molecule has 1 aromatic rings. The van der Waals surface area contributed by atoms with Gasteiger partial charge in [0.1, 0.15) is 5.75 Å². The molecule has 0 aromatic heterocycles. The van der Waals surface area contributed by atoms with Gasteiger partial charge in [-0.15, -0.1) is 0 Å². The van der Waals surface area contributed by atoms with Gasteiger partial charge in [-0.25, -0.2) is 0 Å². The molecular formula is C14H20N2O3. The Balaban J connectivity index is 1.89. The minimum Gasteiger partial charge on any atom is -0.455 e. The van der Waals surface area contributed by atoms with E-state index in [1.165, 1.54) is 0 Å². The van der Waals surface area contributed by atoms with Crippen molar-refractivity contribution in [3.05, 3.63) is 29.8 Å². The number of carbonyl (C=O) groups is 1. The van der Waals surface area contributed by atoms with E-state index in [9.17, 15) is 4.79 Å². The highest BCUT2D eigenvalue weighted by molar-refractivity contribution is 5.80.